The fraction of sp³-hybridized carbons (Fsp3) is 0.222. The van der Waals surface area contributed by atoms with Crippen molar-refractivity contribution in [3.05, 3.63) is 160 Å². The molecule has 4 aromatic carbocycles. The molecule has 23 heteroatoms. The number of hydrogen-bond donors (Lipinski definition) is 0. The van der Waals surface area contributed by atoms with Crippen LogP contribution in [-0.2, 0) is 34.5 Å². The number of nitro groups is 4. The van der Waals surface area contributed by atoms with Gasteiger partial charge in [-0.15, -0.1) is 0 Å². The molecule has 0 radical (unpaired) electrons. The van der Waals surface area contributed by atoms with Crippen LogP contribution in [0, 0.1) is 40.5 Å². The van der Waals surface area contributed by atoms with Crippen LogP contribution in [0.5, 0.6) is 0 Å². The number of esters is 4. The van der Waals surface area contributed by atoms with Crippen molar-refractivity contribution in [1.82, 2.24) is 0 Å². The molecule has 6 atom stereocenters. The Morgan fingerprint density at radius 3 is 1.15 bits per heavy atom. The van der Waals surface area contributed by atoms with E-state index in [1.807, 2.05) is 0 Å². The average molecular weight is 837 g/mol. The quantitative estimate of drug-likeness (QED) is 0.0681. The van der Waals surface area contributed by atoms with Crippen molar-refractivity contribution in [3.63, 3.8) is 0 Å². The number of benzene rings is 4. The summed E-state index contributed by atoms with van der Waals surface area (Å²) in [7, 11) is -2.13. The Hall–Kier alpha value is -7.53. The topological polar surface area (TPSA) is 304 Å². The molecule has 4 aromatic rings. The summed E-state index contributed by atoms with van der Waals surface area (Å²) in [5.41, 5.74) is -4.25. The molecule has 22 nitrogen and oxygen atoms in total. The number of hydrogen-bond acceptors (Lipinski definition) is 18. The standard InChI is InChI=1S/C36H28N4O18S/c1-2-59(53)36-31(58-35(44)23-9-17-27(18-10-23)40(51)52)30(57-34(43)22-7-15-26(16-8-22)39(49)50)29(56-33(42)21-5-13-25(14-6-21)38(47)48)28(55-36)19-54-32(41)20-3-11-24(12-4-20)37(45)46/h3-18,28-31,36H,2,19H2,1H3/t28-,29-,30+,31-,36+,59?/m1/s1. The van der Waals surface area contributed by atoms with E-state index in [2.05, 4.69) is 0 Å². The average Bonchev–Trinajstić information content (AvgIpc) is 3.23. The molecule has 0 amide bonds. The summed E-state index contributed by atoms with van der Waals surface area (Å²) < 4.78 is 42.4. The second kappa shape index (κ2) is 18.6. The van der Waals surface area contributed by atoms with Crippen LogP contribution in [0.4, 0.5) is 22.7 Å². The van der Waals surface area contributed by atoms with E-state index in [0.29, 0.717) is 0 Å². The molecule has 1 unspecified atom stereocenters. The lowest BCUT2D eigenvalue weighted by molar-refractivity contribution is -0.385. The molecule has 1 heterocycles. The second-order valence-electron chi connectivity index (χ2n) is 12.1. The van der Waals surface area contributed by atoms with Crippen molar-refractivity contribution >= 4 is 57.4 Å². The zero-order valence-corrected chi connectivity index (χ0v) is 30.9. The maximum atomic E-state index is 13.7. The highest BCUT2D eigenvalue weighted by Gasteiger charge is 2.54. The summed E-state index contributed by atoms with van der Waals surface area (Å²) in [6, 6.07) is 16.4. The number of nitrogens with zero attached hydrogens (tertiary/aromatic N) is 4. The zero-order chi connectivity index (χ0) is 43.0. The monoisotopic (exact) mass is 836 g/mol. The number of nitro benzene ring substituents is 4. The summed E-state index contributed by atoms with van der Waals surface area (Å²) in [5.74, 6) is -4.90. The Labute approximate surface area is 332 Å². The Bertz CT molecular complexity index is 2300. The minimum absolute atomic E-state index is 0.171. The van der Waals surface area contributed by atoms with Crippen molar-refractivity contribution in [2.24, 2.45) is 0 Å². The molecule has 1 saturated heterocycles. The van der Waals surface area contributed by atoms with Gasteiger partial charge in [-0.25, -0.2) is 19.2 Å². The van der Waals surface area contributed by atoms with Crippen LogP contribution in [0.15, 0.2) is 97.1 Å². The molecule has 0 aliphatic carbocycles. The summed E-state index contributed by atoms with van der Waals surface area (Å²) in [6.45, 7) is 0.608. The van der Waals surface area contributed by atoms with E-state index >= 15 is 0 Å². The number of rotatable bonds is 15. The predicted molar refractivity (Wildman–Crippen MR) is 198 cm³/mol. The first-order chi connectivity index (χ1) is 28.1. The highest BCUT2D eigenvalue weighted by atomic mass is 32.2. The van der Waals surface area contributed by atoms with Crippen LogP contribution in [0.25, 0.3) is 0 Å². The van der Waals surface area contributed by atoms with Gasteiger partial charge in [0.25, 0.3) is 22.7 Å². The van der Waals surface area contributed by atoms with Crippen LogP contribution >= 0.6 is 0 Å². The van der Waals surface area contributed by atoms with Gasteiger partial charge in [0.15, 0.2) is 23.7 Å². The molecule has 306 valence electrons. The van der Waals surface area contributed by atoms with Gasteiger partial charge in [-0.2, -0.15) is 0 Å². The van der Waals surface area contributed by atoms with E-state index in [1.165, 1.54) is 6.92 Å². The van der Waals surface area contributed by atoms with Gasteiger partial charge in [0.05, 0.1) is 52.7 Å². The number of carbonyl (C=O) groups is 4. The third kappa shape index (κ3) is 10.3. The molecule has 1 fully saturated rings. The van der Waals surface area contributed by atoms with Gasteiger partial charge in [0.2, 0.25) is 0 Å². The maximum absolute atomic E-state index is 13.7. The van der Waals surface area contributed by atoms with Crippen LogP contribution in [0.2, 0.25) is 0 Å². The van der Waals surface area contributed by atoms with Crippen molar-refractivity contribution in [2.75, 3.05) is 12.4 Å². The fourth-order valence-electron chi connectivity index (χ4n) is 5.48. The number of non-ortho nitro benzene ring substituents is 4. The molecule has 0 spiro atoms. The minimum atomic E-state index is -2.13. The summed E-state index contributed by atoms with van der Waals surface area (Å²) in [4.78, 5) is 96.0. The van der Waals surface area contributed by atoms with E-state index in [4.69, 9.17) is 23.7 Å². The molecular formula is C36H28N4O18S. The maximum Gasteiger partial charge on any atom is 0.338 e. The Morgan fingerprint density at radius 2 is 0.831 bits per heavy atom. The molecule has 0 N–H and O–H groups in total. The normalized spacial score (nSPS) is 19.0. The van der Waals surface area contributed by atoms with Crippen molar-refractivity contribution in [2.45, 2.75) is 36.8 Å². The molecule has 5 rings (SSSR count). The highest BCUT2D eigenvalue weighted by Crippen LogP contribution is 2.33. The third-order valence-electron chi connectivity index (χ3n) is 8.50. The Kier molecular flexibility index (Phi) is 13.4. The number of carbonyl (C=O) groups excluding carboxylic acids is 4. The molecule has 0 aromatic heterocycles. The summed E-state index contributed by atoms with van der Waals surface area (Å²) in [5, 5.41) is 44.8. The van der Waals surface area contributed by atoms with E-state index in [1.54, 1.807) is 0 Å². The van der Waals surface area contributed by atoms with E-state index in [0.717, 1.165) is 97.1 Å². The van der Waals surface area contributed by atoms with Gasteiger partial charge in [0, 0.05) is 54.3 Å². The van der Waals surface area contributed by atoms with Crippen molar-refractivity contribution in [3.8, 4) is 0 Å². The lowest BCUT2D eigenvalue weighted by atomic mass is 9.98. The van der Waals surface area contributed by atoms with E-state index in [9.17, 15) is 63.8 Å². The molecule has 0 bridgehead atoms. The van der Waals surface area contributed by atoms with E-state index < -0.39 is 102 Å². The molecular weight excluding hydrogens is 808 g/mol. The predicted octanol–water partition coefficient (Wildman–Crippen LogP) is 4.65. The lowest BCUT2D eigenvalue weighted by Crippen LogP contribution is -2.63. The van der Waals surface area contributed by atoms with Gasteiger partial charge in [-0.05, 0) is 48.5 Å². The smallest absolute Gasteiger partial charge is 0.338 e. The highest BCUT2D eigenvalue weighted by molar-refractivity contribution is 7.85. The first-order valence-electron chi connectivity index (χ1n) is 16.9. The van der Waals surface area contributed by atoms with Crippen LogP contribution in [-0.4, -0.2) is 90.0 Å². The van der Waals surface area contributed by atoms with Crippen molar-refractivity contribution in [1.29, 1.82) is 0 Å². The van der Waals surface area contributed by atoms with Crippen LogP contribution in [0.3, 0.4) is 0 Å². The van der Waals surface area contributed by atoms with Crippen molar-refractivity contribution < 1.29 is 66.8 Å². The third-order valence-corrected chi connectivity index (χ3v) is 9.96. The minimum Gasteiger partial charge on any atom is -0.459 e. The SMILES string of the molecule is CCS(=O)[C@@H]1O[C@H](COC(=O)c2ccc([N+](=O)[O-])cc2)[C@@H](OC(=O)c2ccc([N+](=O)[O-])cc2)[C@H](OC(=O)c2ccc([N+](=O)[O-])cc2)[C@H]1OC(=O)c1ccc([N+](=O)[O-])cc1. The first-order valence-corrected chi connectivity index (χ1v) is 18.3. The fourth-order valence-corrected chi connectivity index (χ4v) is 6.59. The molecule has 0 saturated carbocycles. The molecule has 1 aliphatic rings. The molecule has 59 heavy (non-hydrogen) atoms. The largest absolute Gasteiger partial charge is 0.459 e. The van der Waals surface area contributed by atoms with Gasteiger partial charge in [-0.1, -0.05) is 6.92 Å². The summed E-state index contributed by atoms with van der Waals surface area (Å²) in [6.07, 6.45) is -7.52. The first kappa shape index (κ1) is 42.6. The lowest BCUT2D eigenvalue weighted by Gasteiger charge is -2.44. The molecule has 1 aliphatic heterocycles. The van der Waals surface area contributed by atoms with E-state index in [-0.39, 0.29) is 39.4 Å². The van der Waals surface area contributed by atoms with Crippen LogP contribution < -0.4 is 0 Å². The summed E-state index contributed by atoms with van der Waals surface area (Å²) >= 11 is 0. The van der Waals surface area contributed by atoms with Gasteiger partial charge in [-0.3, -0.25) is 44.7 Å². The van der Waals surface area contributed by atoms with Crippen LogP contribution in [0.1, 0.15) is 48.4 Å². The Morgan fingerprint density at radius 1 is 0.525 bits per heavy atom. The Balaban J connectivity index is 1.58. The second-order valence-corrected chi connectivity index (χ2v) is 13.9. The van der Waals surface area contributed by atoms with Gasteiger partial charge in [0.1, 0.15) is 12.7 Å². The van der Waals surface area contributed by atoms with Gasteiger partial charge >= 0.3 is 23.9 Å². The number of ether oxygens (including phenoxy) is 5. The van der Waals surface area contributed by atoms with Gasteiger partial charge < -0.3 is 23.7 Å². The zero-order valence-electron chi connectivity index (χ0n) is 30.1.